The molecule has 0 aliphatic carbocycles. The second-order valence-electron chi connectivity index (χ2n) is 1.91. The third kappa shape index (κ3) is 5.66. The summed E-state index contributed by atoms with van der Waals surface area (Å²) in [6.07, 6.45) is 0. The van der Waals surface area contributed by atoms with Crippen LogP contribution in [0.1, 0.15) is 6.92 Å². The monoisotopic (exact) mass is 100 g/mol. The molecule has 2 heteroatoms. The molecule has 0 saturated carbocycles. The van der Waals surface area contributed by atoms with Gasteiger partial charge in [-0.2, -0.15) is 0 Å². The van der Waals surface area contributed by atoms with E-state index in [0.717, 1.165) is 12.1 Å². The van der Waals surface area contributed by atoms with Crippen LogP contribution in [0.4, 0.5) is 0 Å². The van der Waals surface area contributed by atoms with Gasteiger partial charge in [0.2, 0.25) is 0 Å². The summed E-state index contributed by atoms with van der Waals surface area (Å²) in [6.45, 7) is 6.33. The molecule has 2 nitrogen and oxygen atoms in total. The number of hydrogen-bond donors (Lipinski definition) is 1. The van der Waals surface area contributed by atoms with Gasteiger partial charge < -0.3 is 10.9 Å². The Balaban J connectivity index is 3.13. The molecule has 0 aromatic rings. The van der Waals surface area contributed by atoms with Gasteiger partial charge in [-0.05, 0) is 12.5 Å². The summed E-state index contributed by atoms with van der Waals surface area (Å²) in [5.41, 5.74) is 1.06. The Morgan fingerprint density at radius 2 is 2.29 bits per heavy atom. The van der Waals surface area contributed by atoms with Crippen molar-refractivity contribution in [1.82, 2.24) is 0 Å². The molecule has 0 bridgehead atoms. The van der Waals surface area contributed by atoms with E-state index in [1.54, 1.807) is 7.05 Å². The first kappa shape index (κ1) is 6.66. The van der Waals surface area contributed by atoms with Crippen LogP contribution in [-0.4, -0.2) is 13.6 Å². The highest BCUT2D eigenvalue weighted by Crippen LogP contribution is 1.75. The maximum absolute atomic E-state index is 6.96. The molecule has 42 valence electrons. The van der Waals surface area contributed by atoms with Gasteiger partial charge in [0.15, 0.2) is 0 Å². The average molecular weight is 100 g/mol. The number of likely N-dealkylation sites (N-methyl/N-ethyl adjacent to an activating group) is 1. The molecule has 0 heterocycles. The first-order valence-electron chi connectivity index (χ1n) is 2.31. The third-order valence-electron chi connectivity index (χ3n) is 0.567. The van der Waals surface area contributed by atoms with Crippen LogP contribution in [0.2, 0.25) is 0 Å². The molecule has 0 aromatic carbocycles. The van der Waals surface area contributed by atoms with E-state index >= 15 is 0 Å². The zero-order valence-electron chi connectivity index (χ0n) is 4.91. The number of rotatable bonds is 2. The second-order valence-corrected chi connectivity index (χ2v) is 1.91. The van der Waals surface area contributed by atoms with Crippen LogP contribution in [0.3, 0.4) is 0 Å². The summed E-state index contributed by atoms with van der Waals surface area (Å²) in [5, 5.41) is 0.688. The fourth-order valence-electron chi connectivity index (χ4n) is 0.453. The van der Waals surface area contributed by atoms with Crippen LogP contribution in [0.25, 0.3) is 5.84 Å². The molecule has 0 spiro atoms. The van der Waals surface area contributed by atoms with Gasteiger partial charge in [0.1, 0.15) is 0 Å². The predicted octanol–water partition coefficient (Wildman–Crippen LogP) is 0.0444. The van der Waals surface area contributed by atoms with Crippen molar-refractivity contribution < 1.29 is 5.01 Å². The van der Waals surface area contributed by atoms with E-state index in [-0.39, 0.29) is 0 Å². The number of hydrogen-bond acceptors (Lipinski definition) is 0. The van der Waals surface area contributed by atoms with Crippen molar-refractivity contribution in [1.29, 1.82) is 0 Å². The second kappa shape index (κ2) is 2.77. The van der Waals surface area contributed by atoms with Crippen molar-refractivity contribution in [3.63, 3.8) is 0 Å². The topological polar surface area (TPSA) is 28.2 Å². The molecule has 0 rings (SSSR count). The Morgan fingerprint density at radius 1 is 1.86 bits per heavy atom. The Bertz CT molecular complexity index is 66.5. The largest absolute Gasteiger partial charge is 0.469 e. The van der Waals surface area contributed by atoms with Crippen molar-refractivity contribution in [2.45, 2.75) is 6.92 Å². The summed E-state index contributed by atoms with van der Waals surface area (Å²) in [7, 11) is 1.79. The molecule has 0 radical (unpaired) electrons. The molecule has 0 saturated heterocycles. The van der Waals surface area contributed by atoms with Gasteiger partial charge in [0.05, 0.1) is 13.6 Å². The van der Waals surface area contributed by atoms with Gasteiger partial charge in [0.25, 0.3) is 0 Å². The molecule has 0 aromatic heterocycles. The van der Waals surface area contributed by atoms with Gasteiger partial charge in [-0.3, -0.25) is 0 Å². The first-order valence-corrected chi connectivity index (χ1v) is 2.31. The first-order chi connectivity index (χ1) is 3.13. The predicted molar refractivity (Wildman–Crippen MR) is 30.9 cm³/mol. The van der Waals surface area contributed by atoms with Crippen LogP contribution < -0.4 is 5.01 Å². The lowest BCUT2D eigenvalue weighted by Crippen LogP contribution is -3.02. The van der Waals surface area contributed by atoms with E-state index < -0.39 is 0 Å². The van der Waals surface area contributed by atoms with E-state index in [1.165, 1.54) is 0 Å². The van der Waals surface area contributed by atoms with Gasteiger partial charge in [-0.1, -0.05) is 6.58 Å². The molecule has 0 aliphatic rings. The van der Waals surface area contributed by atoms with E-state index in [9.17, 15) is 0 Å². The lowest BCUT2D eigenvalue weighted by atomic mass is 10.3. The fraction of sp³-hybridized carbons (Fsp3) is 0.600. The molecule has 0 fully saturated rings. The quantitative estimate of drug-likeness (QED) is 0.375. The zero-order chi connectivity index (χ0) is 5.86. The minimum Gasteiger partial charge on any atom is -0.469 e. The van der Waals surface area contributed by atoms with Crippen molar-refractivity contribution in [2.75, 3.05) is 13.6 Å². The van der Waals surface area contributed by atoms with Gasteiger partial charge in [0, 0.05) is 0 Å². The van der Waals surface area contributed by atoms with Gasteiger partial charge >= 0.3 is 0 Å². The maximum atomic E-state index is 6.96. The van der Waals surface area contributed by atoms with Gasteiger partial charge in [-0.25, -0.2) is 0 Å². The summed E-state index contributed by atoms with van der Waals surface area (Å²) in [6, 6.07) is 0. The van der Waals surface area contributed by atoms with Crippen molar-refractivity contribution >= 4 is 0 Å². The molecular formula is C5H12N2. The molecule has 0 amide bonds. The molecule has 2 N–H and O–H groups in total. The Kier molecular flexibility index (Phi) is 2.64. The summed E-state index contributed by atoms with van der Waals surface area (Å²) < 4.78 is 0. The number of nitrogens with one attached hydrogen (secondary N) is 2. The average Bonchev–Trinajstić information content (AvgIpc) is 1.27. The zero-order valence-corrected chi connectivity index (χ0v) is 4.91. The highest BCUT2D eigenvalue weighted by molar-refractivity contribution is 4.86. The number of quaternary nitrogens is 1. The van der Waals surface area contributed by atoms with Crippen LogP contribution in [-0.2, 0) is 0 Å². The smallest absolute Gasteiger partial charge is 0.0890 e. The van der Waals surface area contributed by atoms with Crippen molar-refractivity contribution in [3.05, 3.63) is 18.0 Å². The maximum Gasteiger partial charge on any atom is 0.0890 e. The van der Waals surface area contributed by atoms with Crippen molar-refractivity contribution in [2.24, 2.45) is 0 Å². The lowest BCUT2D eigenvalue weighted by Gasteiger charge is -2.13. The van der Waals surface area contributed by atoms with Crippen LogP contribution in [0.5, 0.6) is 0 Å². The molecule has 7 heavy (non-hydrogen) atoms. The third-order valence-corrected chi connectivity index (χ3v) is 0.567. The standard InChI is InChI=1S/C5H12N2/c1-5(2)4-7(3)6/h6-7H,1,4H2,2-3H3. The normalized spacial score (nSPS) is 13.6. The van der Waals surface area contributed by atoms with Crippen LogP contribution in [0, 0.1) is 0 Å². The fourth-order valence-corrected chi connectivity index (χ4v) is 0.453. The molecule has 1 atom stereocenters. The Labute approximate surface area is 44.6 Å². The Morgan fingerprint density at radius 3 is 2.29 bits per heavy atom. The van der Waals surface area contributed by atoms with Crippen LogP contribution >= 0.6 is 0 Å². The minimum absolute atomic E-state index is 0.688. The Hall–Kier alpha value is -0.340. The van der Waals surface area contributed by atoms with Crippen LogP contribution in [0.15, 0.2) is 12.2 Å². The summed E-state index contributed by atoms with van der Waals surface area (Å²) in [4.78, 5) is 0. The molecule has 0 aliphatic heterocycles. The molecular weight excluding hydrogens is 88.1 g/mol. The van der Waals surface area contributed by atoms with Crippen molar-refractivity contribution in [3.8, 4) is 0 Å². The molecule has 1 unspecified atom stereocenters. The highest BCUT2D eigenvalue weighted by atomic mass is 15.4. The van der Waals surface area contributed by atoms with E-state index in [2.05, 4.69) is 6.58 Å². The lowest BCUT2D eigenvalue weighted by molar-refractivity contribution is -0.820. The van der Waals surface area contributed by atoms with Gasteiger partial charge in [-0.15, -0.1) is 0 Å². The van der Waals surface area contributed by atoms with E-state index in [4.69, 9.17) is 5.84 Å². The SMILES string of the molecule is C=C(C)C[NH+](C)[NH-]. The minimum atomic E-state index is 0.688. The van der Waals surface area contributed by atoms with E-state index in [1.807, 2.05) is 6.92 Å². The highest BCUT2D eigenvalue weighted by Gasteiger charge is 1.84. The summed E-state index contributed by atoms with van der Waals surface area (Å²) in [5.74, 6) is 6.96. The summed E-state index contributed by atoms with van der Waals surface area (Å²) >= 11 is 0. The van der Waals surface area contributed by atoms with E-state index in [0.29, 0.717) is 5.01 Å².